The average molecular weight is 432 g/mol. The summed E-state index contributed by atoms with van der Waals surface area (Å²) >= 11 is 5.01. The van der Waals surface area contributed by atoms with E-state index in [1.807, 2.05) is 0 Å². The Kier molecular flexibility index (Phi) is 8.89. The summed E-state index contributed by atoms with van der Waals surface area (Å²) < 4.78 is 16.0. The lowest BCUT2D eigenvalue weighted by molar-refractivity contribution is -0.123. The molecule has 8 nitrogen and oxygen atoms in total. The summed E-state index contributed by atoms with van der Waals surface area (Å²) in [7, 11) is 1.56. The fraction of sp³-hybridized carbons (Fsp3) is 0.286. The second kappa shape index (κ2) is 11.6. The number of hydrogen-bond donors (Lipinski definition) is 3. The van der Waals surface area contributed by atoms with Crippen molar-refractivity contribution in [2.45, 2.75) is 13.8 Å². The molecule has 0 radical (unpaired) electrons. The number of carbonyl (C=O) groups excluding carboxylic acids is 2. The molecule has 2 aromatic rings. The molecule has 0 aliphatic carbocycles. The zero-order valence-electron chi connectivity index (χ0n) is 17.1. The van der Waals surface area contributed by atoms with E-state index in [2.05, 4.69) is 30.0 Å². The molecule has 0 unspecified atom stereocenters. The lowest BCUT2D eigenvalue weighted by Gasteiger charge is -2.12. The fourth-order valence-electron chi connectivity index (χ4n) is 2.16. The van der Waals surface area contributed by atoms with Gasteiger partial charge in [0.2, 0.25) is 0 Å². The van der Waals surface area contributed by atoms with Crippen molar-refractivity contribution in [1.82, 2.24) is 16.2 Å². The highest BCUT2D eigenvalue weighted by molar-refractivity contribution is 7.80. The van der Waals surface area contributed by atoms with Crippen molar-refractivity contribution in [3.8, 4) is 17.2 Å². The van der Waals surface area contributed by atoms with Gasteiger partial charge < -0.3 is 14.2 Å². The second-order valence-corrected chi connectivity index (χ2v) is 7.06. The summed E-state index contributed by atoms with van der Waals surface area (Å²) in [5.41, 5.74) is 5.22. The molecule has 0 atom stereocenters. The maximum absolute atomic E-state index is 12.2. The quantitative estimate of drug-likeness (QED) is 0.436. The Labute approximate surface area is 180 Å². The molecule has 0 saturated heterocycles. The van der Waals surface area contributed by atoms with E-state index in [1.54, 1.807) is 55.6 Å². The Hall–Kier alpha value is -3.33. The highest BCUT2D eigenvalue weighted by atomic mass is 32.1. The third-order valence-corrected chi connectivity index (χ3v) is 3.88. The van der Waals surface area contributed by atoms with E-state index in [4.69, 9.17) is 26.4 Å². The Morgan fingerprint density at radius 1 is 0.900 bits per heavy atom. The van der Waals surface area contributed by atoms with Gasteiger partial charge in [0.1, 0.15) is 17.2 Å². The molecule has 0 bridgehead atoms. The molecule has 9 heteroatoms. The summed E-state index contributed by atoms with van der Waals surface area (Å²) in [5.74, 6) is 1.42. The van der Waals surface area contributed by atoms with Gasteiger partial charge in [-0.25, -0.2) is 0 Å². The first-order valence-electron chi connectivity index (χ1n) is 9.27. The first-order chi connectivity index (χ1) is 14.4. The molecular weight excluding hydrogens is 406 g/mol. The number of thiocarbonyl (C=S) groups is 1. The van der Waals surface area contributed by atoms with Gasteiger partial charge in [0.25, 0.3) is 11.8 Å². The van der Waals surface area contributed by atoms with Crippen molar-refractivity contribution < 1.29 is 23.8 Å². The van der Waals surface area contributed by atoms with E-state index >= 15 is 0 Å². The van der Waals surface area contributed by atoms with Crippen LogP contribution in [0, 0.1) is 5.92 Å². The monoisotopic (exact) mass is 431 g/mol. The van der Waals surface area contributed by atoms with Crippen LogP contribution in [0.4, 0.5) is 0 Å². The molecule has 2 amide bonds. The number of benzene rings is 2. The van der Waals surface area contributed by atoms with E-state index in [9.17, 15) is 9.59 Å². The molecule has 0 aliphatic heterocycles. The van der Waals surface area contributed by atoms with Gasteiger partial charge in [-0.1, -0.05) is 13.8 Å². The molecule has 0 fully saturated rings. The van der Waals surface area contributed by atoms with Crippen molar-refractivity contribution in [3.05, 3.63) is 54.1 Å². The maximum Gasteiger partial charge on any atom is 0.276 e. The normalized spacial score (nSPS) is 10.1. The standard InChI is InChI=1S/C21H25N3O5S/c1-14(2)12-28-17-6-4-15(5-7-17)20(26)22-21(30)24-23-19(25)13-29-18-10-8-16(27-3)9-11-18/h4-11,14H,12-13H2,1-3H3,(H,23,25)(H2,22,24,26,30). The van der Waals surface area contributed by atoms with Gasteiger partial charge in [-0.05, 0) is 66.7 Å². The largest absolute Gasteiger partial charge is 0.497 e. The Morgan fingerprint density at radius 2 is 1.47 bits per heavy atom. The highest BCUT2D eigenvalue weighted by Crippen LogP contribution is 2.16. The van der Waals surface area contributed by atoms with Crippen LogP contribution in [0.25, 0.3) is 0 Å². The van der Waals surface area contributed by atoms with Gasteiger partial charge in [0, 0.05) is 5.56 Å². The lowest BCUT2D eigenvalue weighted by atomic mass is 10.2. The summed E-state index contributed by atoms with van der Waals surface area (Å²) in [6, 6.07) is 13.5. The first kappa shape index (κ1) is 23.0. The molecule has 0 spiro atoms. The number of ether oxygens (including phenoxy) is 3. The van der Waals surface area contributed by atoms with Gasteiger partial charge in [-0.2, -0.15) is 0 Å². The molecule has 30 heavy (non-hydrogen) atoms. The number of nitrogens with one attached hydrogen (secondary N) is 3. The lowest BCUT2D eigenvalue weighted by Crippen LogP contribution is -2.49. The minimum absolute atomic E-state index is 0.0436. The second-order valence-electron chi connectivity index (χ2n) is 6.65. The topological polar surface area (TPSA) is 97.9 Å². The van der Waals surface area contributed by atoms with E-state index in [-0.39, 0.29) is 11.7 Å². The molecule has 0 heterocycles. The third-order valence-electron chi connectivity index (χ3n) is 3.67. The van der Waals surface area contributed by atoms with Crippen LogP contribution in [0.15, 0.2) is 48.5 Å². The van der Waals surface area contributed by atoms with Gasteiger partial charge >= 0.3 is 0 Å². The third kappa shape index (κ3) is 7.96. The van der Waals surface area contributed by atoms with Crippen molar-refractivity contribution >= 4 is 29.1 Å². The van der Waals surface area contributed by atoms with Gasteiger partial charge in [0.15, 0.2) is 11.7 Å². The van der Waals surface area contributed by atoms with Crippen LogP contribution in [0.3, 0.4) is 0 Å². The molecule has 0 aliphatic rings. The highest BCUT2D eigenvalue weighted by Gasteiger charge is 2.09. The molecule has 0 saturated carbocycles. The van der Waals surface area contributed by atoms with Crippen LogP contribution in [0.5, 0.6) is 17.2 Å². The van der Waals surface area contributed by atoms with Crippen molar-refractivity contribution in [1.29, 1.82) is 0 Å². The van der Waals surface area contributed by atoms with E-state index in [0.29, 0.717) is 35.3 Å². The zero-order valence-corrected chi connectivity index (χ0v) is 17.9. The molecule has 2 rings (SSSR count). The summed E-state index contributed by atoms with van der Waals surface area (Å²) in [6.45, 7) is 4.48. The number of carbonyl (C=O) groups is 2. The van der Waals surface area contributed by atoms with Crippen LogP contribution < -0.4 is 30.4 Å². The van der Waals surface area contributed by atoms with Crippen LogP contribution >= 0.6 is 12.2 Å². The van der Waals surface area contributed by atoms with Gasteiger partial charge in [-0.15, -0.1) is 0 Å². The van der Waals surface area contributed by atoms with E-state index in [1.165, 1.54) is 0 Å². The Morgan fingerprint density at radius 3 is 2.07 bits per heavy atom. The predicted molar refractivity (Wildman–Crippen MR) is 117 cm³/mol. The number of hydrazine groups is 1. The van der Waals surface area contributed by atoms with Crippen molar-refractivity contribution in [2.24, 2.45) is 5.92 Å². The van der Waals surface area contributed by atoms with Gasteiger partial charge in [0.05, 0.1) is 13.7 Å². The minimum Gasteiger partial charge on any atom is -0.497 e. The summed E-state index contributed by atoms with van der Waals surface area (Å²) in [5, 5.41) is 2.44. The number of hydrogen-bond acceptors (Lipinski definition) is 6. The molecule has 3 N–H and O–H groups in total. The van der Waals surface area contributed by atoms with E-state index < -0.39 is 11.8 Å². The van der Waals surface area contributed by atoms with E-state index in [0.717, 1.165) is 0 Å². The smallest absolute Gasteiger partial charge is 0.276 e. The Balaban J connectivity index is 1.71. The SMILES string of the molecule is COc1ccc(OCC(=O)NNC(=S)NC(=O)c2ccc(OCC(C)C)cc2)cc1. The summed E-state index contributed by atoms with van der Waals surface area (Å²) in [4.78, 5) is 24.1. The predicted octanol–water partition coefficient (Wildman–Crippen LogP) is 2.44. The first-order valence-corrected chi connectivity index (χ1v) is 9.68. The number of methoxy groups -OCH3 is 1. The van der Waals surface area contributed by atoms with Crippen molar-refractivity contribution in [2.75, 3.05) is 20.3 Å². The molecular formula is C21H25N3O5S. The van der Waals surface area contributed by atoms with Gasteiger partial charge in [-0.3, -0.25) is 25.8 Å². The van der Waals surface area contributed by atoms with Crippen LogP contribution in [-0.4, -0.2) is 37.3 Å². The van der Waals surface area contributed by atoms with Crippen molar-refractivity contribution in [3.63, 3.8) is 0 Å². The fourth-order valence-corrected chi connectivity index (χ4v) is 2.30. The van der Waals surface area contributed by atoms with Crippen LogP contribution in [0.1, 0.15) is 24.2 Å². The molecule has 160 valence electrons. The summed E-state index contributed by atoms with van der Waals surface area (Å²) in [6.07, 6.45) is 0. The van der Waals surface area contributed by atoms with Crippen LogP contribution in [0.2, 0.25) is 0 Å². The number of amides is 2. The Bertz CT molecular complexity index is 854. The molecule has 2 aromatic carbocycles. The minimum atomic E-state index is -0.464. The maximum atomic E-state index is 12.2. The number of rotatable bonds is 8. The zero-order chi connectivity index (χ0) is 21.9. The average Bonchev–Trinajstić information content (AvgIpc) is 2.75. The van der Waals surface area contributed by atoms with Crippen LogP contribution in [-0.2, 0) is 4.79 Å². The molecule has 0 aromatic heterocycles.